The molecule has 2 aromatic rings. The third-order valence-electron chi connectivity index (χ3n) is 5.16. The Morgan fingerprint density at radius 3 is 2.48 bits per heavy atom. The lowest BCUT2D eigenvalue weighted by molar-refractivity contribution is 0.309. The maximum Gasteiger partial charge on any atom is 0.0663 e. The molecule has 0 N–H and O–H groups in total. The fourth-order valence-electron chi connectivity index (χ4n) is 3.66. The summed E-state index contributed by atoms with van der Waals surface area (Å²) in [6.07, 6.45) is 5.85. The van der Waals surface area contributed by atoms with Crippen LogP contribution in [0.3, 0.4) is 0 Å². The van der Waals surface area contributed by atoms with Crippen LogP contribution < -0.4 is 0 Å². The summed E-state index contributed by atoms with van der Waals surface area (Å²) < 4.78 is 2.23. The number of aryl methyl sites for hydroxylation is 1. The summed E-state index contributed by atoms with van der Waals surface area (Å²) in [5, 5.41) is 5.01. The van der Waals surface area contributed by atoms with Crippen molar-refractivity contribution in [3.8, 4) is 5.69 Å². The molecule has 0 amide bonds. The first-order valence-corrected chi connectivity index (χ1v) is 9.11. The third-order valence-corrected chi connectivity index (χ3v) is 5.16. The van der Waals surface area contributed by atoms with E-state index in [1.807, 2.05) is 0 Å². The summed E-state index contributed by atoms with van der Waals surface area (Å²) >= 11 is 0. The molecule has 0 aliphatic heterocycles. The van der Waals surface area contributed by atoms with Crippen LogP contribution >= 0.6 is 0 Å². The molecule has 1 aliphatic carbocycles. The molecule has 1 aromatic carbocycles. The van der Waals surface area contributed by atoms with Crippen LogP contribution in [0.5, 0.6) is 0 Å². The predicted molar refractivity (Wildman–Crippen MR) is 97.5 cm³/mol. The minimum atomic E-state index is 0.381. The summed E-state index contributed by atoms with van der Waals surface area (Å²) in [6.45, 7) is 11.5. The second-order valence-corrected chi connectivity index (χ2v) is 8.12. The van der Waals surface area contributed by atoms with Gasteiger partial charge in [0, 0.05) is 5.69 Å². The highest BCUT2D eigenvalue weighted by Gasteiger charge is 2.30. The number of rotatable bonds is 4. The first kappa shape index (κ1) is 16.3. The Balaban J connectivity index is 2.04. The second kappa shape index (κ2) is 6.14. The highest BCUT2D eigenvalue weighted by molar-refractivity contribution is 5.41. The first-order valence-electron chi connectivity index (χ1n) is 9.11. The van der Waals surface area contributed by atoms with Gasteiger partial charge in [-0.25, -0.2) is 4.68 Å². The van der Waals surface area contributed by atoms with Crippen LogP contribution in [0.15, 0.2) is 24.3 Å². The molecule has 1 aromatic heterocycles. The zero-order valence-electron chi connectivity index (χ0n) is 15.3. The fraction of sp³-hybridized carbons (Fsp3) is 0.571. The highest BCUT2D eigenvalue weighted by atomic mass is 15.3. The van der Waals surface area contributed by atoms with Crippen LogP contribution in [0.25, 0.3) is 5.69 Å². The van der Waals surface area contributed by atoms with E-state index in [1.165, 1.54) is 47.5 Å². The van der Waals surface area contributed by atoms with E-state index in [0.717, 1.165) is 12.8 Å². The van der Waals surface area contributed by atoms with E-state index in [1.54, 1.807) is 0 Å². The molecule has 0 saturated carbocycles. The van der Waals surface area contributed by atoms with Crippen molar-refractivity contribution in [2.75, 3.05) is 0 Å². The number of nitrogens with zero attached hydrogens (tertiary/aromatic N) is 2. The largest absolute Gasteiger partial charge is 0.237 e. The summed E-state index contributed by atoms with van der Waals surface area (Å²) in [5.41, 5.74) is 7.29. The van der Waals surface area contributed by atoms with Crippen molar-refractivity contribution in [2.45, 2.75) is 72.6 Å². The molecule has 0 unspecified atom stereocenters. The van der Waals surface area contributed by atoms with Gasteiger partial charge in [0.15, 0.2) is 0 Å². The fourth-order valence-corrected chi connectivity index (χ4v) is 3.66. The van der Waals surface area contributed by atoms with Gasteiger partial charge in [-0.3, -0.25) is 0 Å². The highest BCUT2D eigenvalue weighted by Crippen LogP contribution is 2.37. The number of aromatic nitrogens is 2. The minimum Gasteiger partial charge on any atom is -0.237 e. The number of benzene rings is 1. The van der Waals surface area contributed by atoms with Gasteiger partial charge in [0.25, 0.3) is 0 Å². The van der Waals surface area contributed by atoms with Crippen molar-refractivity contribution in [1.82, 2.24) is 9.78 Å². The maximum atomic E-state index is 5.01. The monoisotopic (exact) mass is 310 g/mol. The van der Waals surface area contributed by atoms with Crippen LogP contribution in [0.1, 0.15) is 75.9 Å². The minimum absolute atomic E-state index is 0.381. The van der Waals surface area contributed by atoms with E-state index in [-0.39, 0.29) is 0 Å². The zero-order chi connectivity index (χ0) is 16.6. The van der Waals surface area contributed by atoms with Gasteiger partial charge < -0.3 is 0 Å². The van der Waals surface area contributed by atoms with Gasteiger partial charge in [0.2, 0.25) is 0 Å². The van der Waals surface area contributed by atoms with E-state index in [4.69, 9.17) is 5.10 Å². The molecule has 3 rings (SSSR count). The molecule has 0 saturated heterocycles. The van der Waals surface area contributed by atoms with Gasteiger partial charge >= 0.3 is 0 Å². The molecule has 0 atom stereocenters. The SMILES string of the molecule is CCCc1nn(-c2ccc(C(C)C)cc2)c2c1CCC(C)(C)C2. The molecule has 0 spiro atoms. The zero-order valence-corrected chi connectivity index (χ0v) is 15.3. The third kappa shape index (κ3) is 3.22. The molecular formula is C21H30N2. The quantitative estimate of drug-likeness (QED) is 0.733. The lowest BCUT2D eigenvalue weighted by Gasteiger charge is -2.30. The lowest BCUT2D eigenvalue weighted by atomic mass is 9.76. The Morgan fingerprint density at radius 1 is 1.17 bits per heavy atom. The first-order chi connectivity index (χ1) is 10.9. The summed E-state index contributed by atoms with van der Waals surface area (Å²) in [5.74, 6) is 0.574. The normalized spacial score (nSPS) is 16.6. The van der Waals surface area contributed by atoms with Crippen molar-refractivity contribution < 1.29 is 0 Å². The van der Waals surface area contributed by atoms with Crippen LogP contribution in [0.4, 0.5) is 0 Å². The lowest BCUT2D eigenvalue weighted by Crippen LogP contribution is -2.24. The average molecular weight is 310 g/mol. The molecule has 0 fully saturated rings. The molecule has 2 heteroatoms. The van der Waals surface area contributed by atoms with Gasteiger partial charge in [-0.15, -0.1) is 0 Å². The smallest absolute Gasteiger partial charge is 0.0663 e. The van der Waals surface area contributed by atoms with Gasteiger partial charge in [-0.2, -0.15) is 5.10 Å². The van der Waals surface area contributed by atoms with Crippen molar-refractivity contribution in [3.63, 3.8) is 0 Å². The Kier molecular flexibility index (Phi) is 4.35. The number of fused-ring (bicyclic) bond motifs is 1. The molecule has 1 heterocycles. The molecule has 1 aliphatic rings. The van der Waals surface area contributed by atoms with Gasteiger partial charge in [-0.05, 0) is 60.3 Å². The van der Waals surface area contributed by atoms with E-state index in [9.17, 15) is 0 Å². The van der Waals surface area contributed by atoms with Gasteiger partial charge in [0.05, 0.1) is 11.4 Å². The van der Waals surface area contributed by atoms with Crippen LogP contribution in [-0.2, 0) is 19.3 Å². The molecule has 0 radical (unpaired) electrons. The van der Waals surface area contributed by atoms with Crippen LogP contribution in [0.2, 0.25) is 0 Å². The summed E-state index contributed by atoms with van der Waals surface area (Å²) in [7, 11) is 0. The van der Waals surface area contributed by atoms with E-state index in [0.29, 0.717) is 11.3 Å². The van der Waals surface area contributed by atoms with Crippen LogP contribution in [-0.4, -0.2) is 9.78 Å². The Labute approximate surface area is 140 Å². The molecule has 124 valence electrons. The van der Waals surface area contributed by atoms with Crippen molar-refractivity contribution in [1.29, 1.82) is 0 Å². The van der Waals surface area contributed by atoms with Crippen molar-refractivity contribution in [3.05, 3.63) is 46.8 Å². The number of hydrogen-bond donors (Lipinski definition) is 0. The van der Waals surface area contributed by atoms with E-state index >= 15 is 0 Å². The molecule has 23 heavy (non-hydrogen) atoms. The van der Waals surface area contributed by atoms with Crippen LogP contribution in [0, 0.1) is 5.41 Å². The Bertz CT molecular complexity index is 675. The second-order valence-electron chi connectivity index (χ2n) is 8.12. The summed E-state index contributed by atoms with van der Waals surface area (Å²) in [4.78, 5) is 0. The van der Waals surface area contributed by atoms with E-state index in [2.05, 4.69) is 63.6 Å². The van der Waals surface area contributed by atoms with Crippen molar-refractivity contribution >= 4 is 0 Å². The molecule has 0 bridgehead atoms. The molecular weight excluding hydrogens is 280 g/mol. The summed E-state index contributed by atoms with van der Waals surface area (Å²) in [6, 6.07) is 8.98. The Hall–Kier alpha value is -1.57. The topological polar surface area (TPSA) is 17.8 Å². The Morgan fingerprint density at radius 2 is 1.87 bits per heavy atom. The number of hydrogen-bond acceptors (Lipinski definition) is 1. The van der Waals surface area contributed by atoms with E-state index < -0.39 is 0 Å². The average Bonchev–Trinajstić information content (AvgIpc) is 2.84. The maximum absolute atomic E-state index is 5.01. The predicted octanol–water partition coefficient (Wildman–Crippen LogP) is 5.46. The van der Waals surface area contributed by atoms with Crippen molar-refractivity contribution in [2.24, 2.45) is 5.41 Å². The van der Waals surface area contributed by atoms with Gasteiger partial charge in [0.1, 0.15) is 0 Å². The standard InChI is InChI=1S/C21H30N2/c1-6-7-19-18-12-13-21(4,5)14-20(18)23(22-19)17-10-8-16(9-11-17)15(2)3/h8-11,15H,6-7,12-14H2,1-5H3. The molecule has 2 nitrogen and oxygen atoms in total. The van der Waals surface area contributed by atoms with Gasteiger partial charge in [-0.1, -0.05) is 53.2 Å².